The van der Waals surface area contributed by atoms with Gasteiger partial charge in [-0.3, -0.25) is 0 Å². The van der Waals surface area contributed by atoms with Gasteiger partial charge in [0.15, 0.2) is 0 Å². The Bertz CT molecular complexity index is 116. The largest absolute Gasteiger partial charge is 0.412 e. The molecule has 0 aromatic rings. The van der Waals surface area contributed by atoms with Crippen LogP contribution in [0.1, 0.15) is 0 Å². The van der Waals surface area contributed by atoms with Crippen molar-refractivity contribution < 1.29 is 97.2 Å². The summed E-state index contributed by atoms with van der Waals surface area (Å²) in [6.07, 6.45) is 0. The van der Waals surface area contributed by atoms with Crippen molar-refractivity contribution in [3.8, 4) is 0 Å². The number of hydrogen-bond acceptors (Lipinski definition) is 6. The van der Waals surface area contributed by atoms with Crippen LogP contribution in [0, 0.1) is 30.3 Å². The Balaban J connectivity index is -0.00000000409. The SMILES string of the molecule is O.O.O.O.O.O.O.O.O.O=[N+]([O-])O.O=[N+]([O-])O.O=[N+]([O-])O.[Fe]. The van der Waals surface area contributed by atoms with E-state index in [0.29, 0.717) is 0 Å². The second-order valence-electron chi connectivity index (χ2n) is 0.714. The molecule has 0 aromatic carbocycles. The molecule has 0 aliphatic heterocycles. The van der Waals surface area contributed by atoms with Gasteiger partial charge in [-0.25, -0.2) is 0 Å². The van der Waals surface area contributed by atoms with Crippen molar-refractivity contribution in [3.63, 3.8) is 0 Å². The Kier molecular flexibility index (Phi) is 896. The van der Waals surface area contributed by atoms with Crippen LogP contribution in [0.4, 0.5) is 0 Å². The molecule has 21 nitrogen and oxygen atoms in total. The van der Waals surface area contributed by atoms with Crippen LogP contribution in [0.15, 0.2) is 0 Å². The minimum atomic E-state index is -1.50. The van der Waals surface area contributed by atoms with E-state index in [1.807, 2.05) is 0 Å². The fourth-order valence-electron chi connectivity index (χ4n) is 0. The zero-order valence-electron chi connectivity index (χ0n) is 9.99. The summed E-state index contributed by atoms with van der Waals surface area (Å²) in [5, 5.41) is 40.9. The van der Waals surface area contributed by atoms with Gasteiger partial charge in [-0.15, -0.1) is 30.3 Å². The summed E-state index contributed by atoms with van der Waals surface area (Å²) >= 11 is 0. The second-order valence-corrected chi connectivity index (χ2v) is 0.714. The smallest absolute Gasteiger partial charge is 0.291 e. The molecule has 0 aliphatic rings. The first-order chi connectivity index (χ1) is 5.20. The van der Waals surface area contributed by atoms with E-state index in [1.165, 1.54) is 0 Å². The standard InChI is InChI=1S/Fe.3HNO3.9H2O/c;3*2-1(3)4;;;;;;;;;/h;3*(H,2,3,4);9*1H2. The molecule has 22 heavy (non-hydrogen) atoms. The number of rotatable bonds is 0. The second kappa shape index (κ2) is 129. The summed E-state index contributed by atoms with van der Waals surface area (Å²) in [5.74, 6) is 0. The number of hydrogen-bond donors (Lipinski definition) is 3. The van der Waals surface area contributed by atoms with Gasteiger partial charge in [-0.1, -0.05) is 0 Å². The van der Waals surface area contributed by atoms with Gasteiger partial charge in [-0.05, 0) is 0 Å². The summed E-state index contributed by atoms with van der Waals surface area (Å²) < 4.78 is 0. The third-order valence-electron chi connectivity index (χ3n) is 0. The van der Waals surface area contributed by atoms with Crippen LogP contribution in [-0.4, -0.2) is 80.2 Å². The zero-order valence-corrected chi connectivity index (χ0v) is 11.1. The van der Waals surface area contributed by atoms with Gasteiger partial charge < -0.3 is 64.9 Å². The topological polar surface area (TPSA) is 474 Å². The molecule has 0 rings (SSSR count). The first kappa shape index (κ1) is 152. The third-order valence-corrected chi connectivity index (χ3v) is 0. The number of nitrogens with zero attached hydrogens (tertiary/aromatic N) is 3. The van der Waals surface area contributed by atoms with Crippen molar-refractivity contribution in [3.05, 3.63) is 30.3 Å². The average molecular weight is 407 g/mol. The van der Waals surface area contributed by atoms with E-state index in [-0.39, 0.29) is 66.4 Å². The van der Waals surface area contributed by atoms with Crippen LogP contribution < -0.4 is 0 Å². The molecule has 0 heterocycles. The maximum absolute atomic E-state index is 8.36. The molecule has 152 valence electrons. The van der Waals surface area contributed by atoms with Crippen molar-refractivity contribution in [2.45, 2.75) is 0 Å². The van der Waals surface area contributed by atoms with Crippen LogP contribution in [0.3, 0.4) is 0 Å². The molecule has 0 spiro atoms. The minimum absolute atomic E-state index is 0. The Morgan fingerprint density at radius 2 is 0.455 bits per heavy atom. The van der Waals surface area contributed by atoms with E-state index in [1.54, 1.807) is 0 Å². The van der Waals surface area contributed by atoms with Gasteiger partial charge in [-0.2, -0.15) is 0 Å². The maximum Gasteiger partial charge on any atom is 0.291 e. The van der Waals surface area contributed by atoms with E-state index in [4.69, 9.17) is 46.0 Å². The quantitative estimate of drug-likeness (QED) is 0.194. The zero-order chi connectivity index (χ0) is 10.7. The van der Waals surface area contributed by atoms with Gasteiger partial charge in [0, 0.05) is 17.1 Å². The summed E-state index contributed by atoms with van der Waals surface area (Å²) in [6.45, 7) is 0. The van der Waals surface area contributed by atoms with E-state index < -0.39 is 15.3 Å². The third kappa shape index (κ3) is 994. The van der Waals surface area contributed by atoms with Crippen LogP contribution in [-0.2, 0) is 17.1 Å². The van der Waals surface area contributed by atoms with E-state index >= 15 is 0 Å². The Hall–Kier alpha value is -2.24. The van der Waals surface area contributed by atoms with E-state index in [0.717, 1.165) is 0 Å². The molecule has 0 saturated heterocycles. The Morgan fingerprint density at radius 1 is 0.455 bits per heavy atom. The predicted octanol–water partition coefficient (Wildman–Crippen LogP) is -8.47. The molecule has 0 saturated carbocycles. The van der Waals surface area contributed by atoms with Crippen molar-refractivity contribution in [1.29, 1.82) is 0 Å². The molecule has 0 fully saturated rings. The van der Waals surface area contributed by atoms with E-state index in [9.17, 15) is 0 Å². The first-order valence-electron chi connectivity index (χ1n) is 1.70. The summed E-state index contributed by atoms with van der Waals surface area (Å²) in [7, 11) is 0. The van der Waals surface area contributed by atoms with Crippen LogP contribution in [0.5, 0.6) is 0 Å². The van der Waals surface area contributed by atoms with Gasteiger partial charge >= 0.3 is 0 Å². The summed E-state index contributed by atoms with van der Waals surface area (Å²) in [4.78, 5) is 25.1. The van der Waals surface area contributed by atoms with Gasteiger partial charge in [0.2, 0.25) is 0 Å². The fraction of sp³-hybridized carbons (Fsp3) is 0. The van der Waals surface area contributed by atoms with Crippen molar-refractivity contribution >= 4 is 0 Å². The summed E-state index contributed by atoms with van der Waals surface area (Å²) in [5.41, 5.74) is 0. The predicted molar refractivity (Wildman–Crippen MR) is 58.9 cm³/mol. The van der Waals surface area contributed by atoms with Crippen LogP contribution in [0.25, 0.3) is 0 Å². The van der Waals surface area contributed by atoms with Crippen LogP contribution in [0.2, 0.25) is 0 Å². The van der Waals surface area contributed by atoms with E-state index in [2.05, 4.69) is 0 Å². The molecule has 0 aromatic heterocycles. The van der Waals surface area contributed by atoms with Gasteiger partial charge in [0.05, 0.1) is 0 Å². The van der Waals surface area contributed by atoms with Crippen molar-refractivity contribution in [1.82, 2.24) is 0 Å². The molecular formula is H21FeN3O18. The van der Waals surface area contributed by atoms with Gasteiger partial charge in [0.25, 0.3) is 15.3 Å². The molecule has 22 heteroatoms. The molecule has 0 radical (unpaired) electrons. The van der Waals surface area contributed by atoms with Crippen molar-refractivity contribution in [2.75, 3.05) is 0 Å². The van der Waals surface area contributed by atoms with Gasteiger partial charge in [0.1, 0.15) is 0 Å². The monoisotopic (exact) mass is 407 g/mol. The van der Waals surface area contributed by atoms with Crippen molar-refractivity contribution in [2.24, 2.45) is 0 Å². The normalized spacial score (nSPS) is 3.27. The van der Waals surface area contributed by atoms with Crippen LogP contribution >= 0.6 is 0 Å². The Morgan fingerprint density at radius 3 is 0.455 bits per heavy atom. The molecule has 0 unspecified atom stereocenters. The first-order valence-corrected chi connectivity index (χ1v) is 1.70. The molecular weight excluding hydrogens is 386 g/mol. The Labute approximate surface area is 129 Å². The molecule has 0 atom stereocenters. The fourth-order valence-corrected chi connectivity index (χ4v) is 0. The molecule has 21 N–H and O–H groups in total. The minimum Gasteiger partial charge on any atom is -0.412 e. The molecule has 0 bridgehead atoms. The summed E-state index contributed by atoms with van der Waals surface area (Å²) in [6, 6.07) is 0. The average Bonchev–Trinajstić information content (AvgIpc) is 1.54. The maximum atomic E-state index is 8.36. The molecule has 0 aliphatic carbocycles. The molecule has 0 amide bonds.